The van der Waals surface area contributed by atoms with E-state index < -0.39 is 22.9 Å². The number of amides is 1. The molecule has 4 N–H and O–H groups in total. The number of halogens is 8. The van der Waals surface area contributed by atoms with Crippen molar-refractivity contribution in [3.05, 3.63) is 236 Å². The predicted molar refractivity (Wildman–Crippen MR) is 462 cm³/mol. The minimum Gasteiger partial charge on any atom is -0.480 e. The highest BCUT2D eigenvalue weighted by atomic mass is 79.9. The maximum Gasteiger partial charge on any atom is 0.410 e. The molecule has 116 heavy (non-hydrogen) atoms. The van der Waals surface area contributed by atoms with Crippen LogP contribution in [0.3, 0.4) is 0 Å². The monoisotopic (exact) mass is 1850 g/mol. The van der Waals surface area contributed by atoms with Crippen LogP contribution in [0.25, 0.3) is 106 Å². The first-order valence-electron chi connectivity index (χ1n) is 35.0. The van der Waals surface area contributed by atoms with Crippen LogP contribution < -0.4 is 31.5 Å². The van der Waals surface area contributed by atoms with Gasteiger partial charge in [-0.2, -0.15) is 0 Å². The normalized spacial score (nSPS) is 13.6. The highest BCUT2D eigenvalue weighted by Crippen LogP contribution is 2.39. The van der Waals surface area contributed by atoms with E-state index in [-0.39, 0.29) is 65.4 Å². The number of ether oxygens (including phenoxy) is 3. The van der Waals surface area contributed by atoms with E-state index in [2.05, 4.69) is 87.0 Å². The summed E-state index contributed by atoms with van der Waals surface area (Å²) in [6.07, 6.45) is 10.3. The lowest BCUT2D eigenvalue weighted by Gasteiger charge is -2.38. The van der Waals surface area contributed by atoms with Gasteiger partial charge in [0, 0.05) is 67.6 Å². The van der Waals surface area contributed by atoms with Gasteiger partial charge in [0.1, 0.15) is 87.5 Å². The zero-order chi connectivity index (χ0) is 81.3. The Morgan fingerprint density at radius 3 is 1.27 bits per heavy atom. The first kappa shape index (κ1) is 85.9. The zero-order valence-electron chi connectivity index (χ0n) is 61.9. The summed E-state index contributed by atoms with van der Waals surface area (Å²) in [5.41, 5.74) is 8.22. The molecule has 2 aliphatic heterocycles. The van der Waals surface area contributed by atoms with Crippen molar-refractivity contribution in [1.29, 1.82) is 0 Å². The topological polar surface area (TPSA) is 293 Å². The van der Waals surface area contributed by atoms with Crippen LogP contribution in [-0.2, 0) is 17.8 Å². The first-order valence-corrected chi connectivity index (χ1v) is 42.3. The molecule has 2 saturated heterocycles. The summed E-state index contributed by atoms with van der Waals surface area (Å²) in [4.78, 5) is 91.2. The second-order valence-electron chi connectivity index (χ2n) is 27.0. The van der Waals surface area contributed by atoms with E-state index in [4.69, 9.17) is 25.8 Å². The van der Waals surface area contributed by atoms with Gasteiger partial charge in [0.2, 0.25) is 11.8 Å². The number of rotatable bonds is 10. The minimum atomic E-state index is -1.12. The van der Waals surface area contributed by atoms with Crippen LogP contribution in [0.4, 0.5) is 22.4 Å². The molecule has 0 aliphatic carbocycles. The van der Waals surface area contributed by atoms with Crippen LogP contribution in [0.15, 0.2) is 191 Å². The van der Waals surface area contributed by atoms with Gasteiger partial charge in [0.25, 0.3) is 16.7 Å². The summed E-state index contributed by atoms with van der Waals surface area (Å²) in [6.45, 7) is 7.98. The van der Waals surface area contributed by atoms with E-state index in [9.17, 15) is 47.0 Å². The molecule has 16 aromatic rings. The molecule has 0 bridgehead atoms. The van der Waals surface area contributed by atoms with Gasteiger partial charge in [-0.15, -0.1) is 80.4 Å². The number of likely N-dealkylation sites (tertiary alicyclic amines) is 1. The molecule has 14 heterocycles. The fourth-order valence-electron chi connectivity index (χ4n) is 12.3. The molecule has 2 aliphatic rings. The van der Waals surface area contributed by atoms with Gasteiger partial charge in [0.05, 0.1) is 93.2 Å². The van der Waals surface area contributed by atoms with Gasteiger partial charge in [-0.25, -0.2) is 67.2 Å². The highest BCUT2D eigenvalue weighted by Gasteiger charge is 2.37. The van der Waals surface area contributed by atoms with E-state index in [1.807, 2.05) is 53.1 Å². The molecule has 600 valence electrons. The number of thiophene rings is 6. The number of carbonyl (C=O) groups excluding carboxylic acids is 1. The van der Waals surface area contributed by atoms with E-state index in [0.717, 1.165) is 97.2 Å². The first-order chi connectivity index (χ1) is 55.3. The standard InChI is InChI=1S/C23H26FN3O4S.C18H18FN3O2S.C13H9FN2OS.C12H7FN2OS.C7H5BrN2OS.C6H2BrClN2S.ClH/c1-22(2,3)31-21(29)26-10-8-23(30,9-11-26)13-27-14-25-18-17(12-32-19(18)20(27)28)15-4-6-16(24)7-5-15;19-13-3-1-12(2-4-13)14-9-25-16-15(14)21-11-22(17(16)23)10-18(24)5-7-20-8-6-18;1-17-13-12-11(15-7-16-13)10(6-18-12)8-2-4-9(14)5-3-8;13-8-3-1-7(2-4-8)9-5-17-11-10(9)14-6-15-12(11)16;1-11-7-6-5(9-3-10-7)4(8)2-12-6;7-3-1-11-5-4(3)9-2-10-6(5)8;/h4-7,12,14,30H,8-11,13H2,1-3H3;1-4,9,11,20,24H,5-8,10H2;2-7H,1H3;1-6H,(H,14,15,16);2-3H,1H3;1-2H;1H. The number of benzene rings is 4. The number of hydrogen-bond acceptors (Lipinski definition) is 25. The number of H-pyrrole nitrogens is 1. The number of aromatic amines is 1. The van der Waals surface area contributed by atoms with E-state index in [0.29, 0.717) is 86.3 Å². The number of nitrogens with zero attached hydrogens (tertiary/aromatic N) is 12. The highest BCUT2D eigenvalue weighted by molar-refractivity contribution is 9.11. The third-order valence-corrected chi connectivity index (χ3v) is 26.1. The van der Waals surface area contributed by atoms with Crippen molar-refractivity contribution < 1.29 is 46.8 Å². The second-order valence-corrected chi connectivity index (χ2v) is 34.4. The van der Waals surface area contributed by atoms with Gasteiger partial charge in [-0.3, -0.25) is 23.5 Å². The maximum atomic E-state index is 13.2. The smallest absolute Gasteiger partial charge is 0.410 e. The molecule has 4 aromatic carbocycles. The third kappa shape index (κ3) is 20.2. The Morgan fingerprint density at radius 1 is 0.491 bits per heavy atom. The SMILES string of the molecule is CC(C)(C)OC(=O)N1CCC(O)(Cn2cnc3c(-c4ccc(F)cc4)csc3c2=O)CC1.COc1ncnc2c(-c3ccc(F)cc3)csc12.COc1ncnc2c(Br)csc12.Cl.Clc1ncnc2c(Br)csc12.O=c1[nH]cnc2c(-c3ccc(F)cc3)csc12.O=c1c2scc(-c3ccc(F)cc3)c2ncn1CC1(O)CCNCC1. The van der Waals surface area contributed by atoms with E-state index >= 15 is 0 Å². The Labute approximate surface area is 710 Å². The lowest BCUT2D eigenvalue weighted by molar-refractivity contribution is -0.0420. The zero-order valence-corrected chi connectivity index (χ0v) is 71.5. The van der Waals surface area contributed by atoms with Gasteiger partial charge in [0.15, 0.2) is 0 Å². The van der Waals surface area contributed by atoms with Gasteiger partial charge in [-0.05, 0) is 162 Å². The molecule has 0 spiro atoms. The van der Waals surface area contributed by atoms with Gasteiger partial charge >= 0.3 is 6.09 Å². The lowest BCUT2D eigenvalue weighted by atomic mass is 9.91. The predicted octanol–water partition coefficient (Wildman–Crippen LogP) is 18.7. The number of aliphatic hydroxyl groups is 2. The average molecular weight is 1860 g/mol. The van der Waals surface area contributed by atoms with Crippen molar-refractivity contribution in [3.8, 4) is 56.3 Å². The van der Waals surface area contributed by atoms with Crippen LogP contribution in [0.5, 0.6) is 11.8 Å². The molecule has 18 rings (SSSR count). The summed E-state index contributed by atoms with van der Waals surface area (Å²) in [5, 5.41) is 36.9. The number of aromatic nitrogens is 12. The van der Waals surface area contributed by atoms with Crippen molar-refractivity contribution in [2.24, 2.45) is 0 Å². The quantitative estimate of drug-likeness (QED) is 0.0730. The van der Waals surface area contributed by atoms with Crippen molar-refractivity contribution >= 4 is 191 Å². The van der Waals surface area contributed by atoms with Crippen LogP contribution in [0, 0.1) is 23.3 Å². The molecular formula is C79H68Br2Cl2F4N14O9S6. The van der Waals surface area contributed by atoms with E-state index in [1.165, 1.54) is 152 Å². The Hall–Kier alpha value is -9.47. The van der Waals surface area contributed by atoms with Gasteiger partial charge in [-0.1, -0.05) is 60.1 Å². The maximum absolute atomic E-state index is 13.2. The fraction of sp³-hybridized carbons (Fsp3) is 0.228. The number of methoxy groups -OCH3 is 2. The minimum absolute atomic E-state index is 0. The van der Waals surface area contributed by atoms with Crippen LogP contribution in [0.1, 0.15) is 46.5 Å². The number of carbonyl (C=O) groups is 1. The van der Waals surface area contributed by atoms with Crippen molar-refractivity contribution in [1.82, 2.24) is 69.2 Å². The molecule has 0 saturated carbocycles. The fourth-order valence-corrected chi connectivity index (χ4v) is 19.5. The Balaban J connectivity index is 0.000000133. The molecular weight excluding hydrogens is 1790 g/mol. The third-order valence-electron chi connectivity index (χ3n) is 18.1. The summed E-state index contributed by atoms with van der Waals surface area (Å²) in [6, 6.07) is 24.7. The molecule has 0 radical (unpaired) electrons. The number of nitrogens with one attached hydrogen (secondary N) is 2. The van der Waals surface area contributed by atoms with Crippen molar-refractivity contribution in [2.45, 2.75) is 76.3 Å². The number of hydrogen-bond donors (Lipinski definition) is 4. The van der Waals surface area contributed by atoms with E-state index in [1.54, 1.807) is 79.0 Å². The Morgan fingerprint density at radius 2 is 0.845 bits per heavy atom. The average Bonchev–Trinajstić information content (AvgIpc) is 1.64. The van der Waals surface area contributed by atoms with Crippen LogP contribution >= 0.6 is 124 Å². The second kappa shape index (κ2) is 37.9. The number of fused-ring (bicyclic) bond motifs is 6. The van der Waals surface area contributed by atoms with Gasteiger partial charge < -0.3 is 39.6 Å². The Kier molecular flexibility index (Phi) is 28.0. The van der Waals surface area contributed by atoms with Crippen LogP contribution in [0.2, 0.25) is 5.15 Å². The summed E-state index contributed by atoms with van der Waals surface area (Å²) in [5.74, 6) is 0.0574. The summed E-state index contributed by atoms with van der Waals surface area (Å²) >= 11 is 21.1. The largest absolute Gasteiger partial charge is 0.480 e. The summed E-state index contributed by atoms with van der Waals surface area (Å²) in [7, 11) is 3.19. The molecule has 1 amide bonds. The van der Waals surface area contributed by atoms with Crippen molar-refractivity contribution in [2.75, 3.05) is 40.4 Å². The molecule has 0 atom stereocenters. The number of piperidine rings is 2. The molecule has 37 heteroatoms. The molecule has 0 unspecified atom stereocenters. The molecule has 23 nitrogen and oxygen atoms in total. The van der Waals surface area contributed by atoms with Crippen LogP contribution in [-0.4, -0.2) is 137 Å². The Bertz CT molecular complexity index is 6310. The van der Waals surface area contributed by atoms with Crippen molar-refractivity contribution in [3.63, 3.8) is 0 Å². The molecule has 12 aromatic heterocycles. The lowest BCUT2D eigenvalue weighted by Crippen LogP contribution is -2.50. The summed E-state index contributed by atoms with van der Waals surface area (Å²) < 4.78 is 77.1. The molecule has 2 fully saturated rings.